The molecule has 1 aromatic heterocycles. The highest BCUT2D eigenvalue weighted by Crippen LogP contribution is 2.39. The second-order valence-electron chi connectivity index (χ2n) is 5.86. The molecule has 1 aliphatic carbocycles. The number of halogens is 4. The largest absolute Gasteiger partial charge is 0.419 e. The van der Waals surface area contributed by atoms with Crippen molar-refractivity contribution in [3.8, 4) is 0 Å². The first-order chi connectivity index (χ1) is 11.4. The summed E-state index contributed by atoms with van der Waals surface area (Å²) in [6, 6.07) is 10.7. The van der Waals surface area contributed by atoms with Crippen LogP contribution in [0.4, 0.5) is 29.1 Å². The zero-order chi connectivity index (χ0) is 16.9. The molecule has 1 fully saturated rings. The fourth-order valence-corrected chi connectivity index (χ4v) is 2.74. The summed E-state index contributed by atoms with van der Waals surface area (Å²) in [5.41, 5.74) is -0.214. The molecule has 2 aromatic carbocycles. The Morgan fingerprint density at radius 3 is 2.54 bits per heavy atom. The van der Waals surface area contributed by atoms with E-state index in [0.29, 0.717) is 11.9 Å². The Morgan fingerprint density at radius 2 is 1.83 bits per heavy atom. The van der Waals surface area contributed by atoms with Gasteiger partial charge in [-0.05, 0) is 43.2 Å². The molecule has 0 saturated heterocycles. The molecule has 0 unspecified atom stereocenters. The van der Waals surface area contributed by atoms with Gasteiger partial charge in [0.05, 0.1) is 17.1 Å². The summed E-state index contributed by atoms with van der Waals surface area (Å²) in [6.07, 6.45) is -2.66. The third-order valence-electron chi connectivity index (χ3n) is 4.04. The van der Waals surface area contributed by atoms with E-state index in [0.717, 1.165) is 35.9 Å². The third-order valence-corrected chi connectivity index (χ3v) is 4.04. The first kappa shape index (κ1) is 15.0. The van der Waals surface area contributed by atoms with Crippen molar-refractivity contribution in [2.45, 2.75) is 25.1 Å². The number of hydrogen-bond acceptors (Lipinski definition) is 2. The van der Waals surface area contributed by atoms with E-state index in [1.807, 2.05) is 28.9 Å². The Kier molecular flexibility index (Phi) is 3.26. The van der Waals surface area contributed by atoms with Crippen molar-refractivity contribution in [3.63, 3.8) is 0 Å². The first-order valence-electron chi connectivity index (χ1n) is 7.54. The number of benzene rings is 2. The van der Waals surface area contributed by atoms with Gasteiger partial charge in [0.2, 0.25) is 0 Å². The van der Waals surface area contributed by atoms with Gasteiger partial charge in [-0.2, -0.15) is 18.3 Å². The zero-order valence-electron chi connectivity index (χ0n) is 12.4. The Labute approximate surface area is 134 Å². The molecular weight excluding hydrogens is 322 g/mol. The molecule has 1 N–H and O–H groups in total. The minimum atomic E-state index is -4.74. The lowest BCUT2D eigenvalue weighted by molar-refractivity contribution is -0.139. The molecule has 4 rings (SSSR count). The highest BCUT2D eigenvalue weighted by molar-refractivity contribution is 5.92. The van der Waals surface area contributed by atoms with Gasteiger partial charge < -0.3 is 5.32 Å². The molecule has 1 aliphatic rings. The molecule has 1 heterocycles. The summed E-state index contributed by atoms with van der Waals surface area (Å²) in [6.45, 7) is 0. The van der Waals surface area contributed by atoms with Gasteiger partial charge >= 0.3 is 6.18 Å². The second kappa shape index (κ2) is 5.22. The fourth-order valence-electron chi connectivity index (χ4n) is 2.74. The Hall–Kier alpha value is -2.57. The number of nitrogens with one attached hydrogen (secondary N) is 1. The van der Waals surface area contributed by atoms with Crippen LogP contribution in [-0.2, 0) is 6.18 Å². The van der Waals surface area contributed by atoms with Crippen LogP contribution in [0.15, 0.2) is 42.5 Å². The van der Waals surface area contributed by atoms with Gasteiger partial charge in [-0.1, -0.05) is 12.1 Å². The Bertz CT molecular complexity index is 910. The highest BCUT2D eigenvalue weighted by atomic mass is 19.4. The van der Waals surface area contributed by atoms with Gasteiger partial charge in [-0.3, -0.25) is 4.68 Å². The SMILES string of the molecule is Fc1ccc(Nc2nn(C3CC3)c3ccccc23)cc1C(F)(F)F. The summed E-state index contributed by atoms with van der Waals surface area (Å²) in [5, 5.41) is 8.20. The van der Waals surface area contributed by atoms with Gasteiger partial charge in [0.15, 0.2) is 5.82 Å². The molecule has 3 nitrogen and oxygen atoms in total. The van der Waals surface area contributed by atoms with Gasteiger partial charge in [0, 0.05) is 11.1 Å². The number of fused-ring (bicyclic) bond motifs is 1. The lowest BCUT2D eigenvalue weighted by atomic mass is 10.1. The molecule has 3 aromatic rings. The van der Waals surface area contributed by atoms with Crippen LogP contribution in [0.1, 0.15) is 24.4 Å². The minimum Gasteiger partial charge on any atom is -0.338 e. The molecule has 0 atom stereocenters. The summed E-state index contributed by atoms with van der Waals surface area (Å²) < 4.78 is 53.9. The van der Waals surface area contributed by atoms with Gasteiger partial charge in [-0.15, -0.1) is 0 Å². The number of para-hydroxylation sites is 1. The summed E-state index contributed by atoms with van der Waals surface area (Å²) in [5.74, 6) is -0.821. The third kappa shape index (κ3) is 2.60. The Morgan fingerprint density at radius 1 is 1.08 bits per heavy atom. The molecule has 0 aliphatic heterocycles. The average molecular weight is 335 g/mol. The molecule has 24 heavy (non-hydrogen) atoms. The normalized spacial score (nSPS) is 15.0. The number of alkyl halides is 3. The van der Waals surface area contributed by atoms with E-state index in [1.165, 1.54) is 6.07 Å². The number of anilines is 2. The van der Waals surface area contributed by atoms with Gasteiger partial charge in [0.1, 0.15) is 5.82 Å². The van der Waals surface area contributed by atoms with Gasteiger partial charge in [0.25, 0.3) is 0 Å². The van der Waals surface area contributed by atoms with Crippen molar-refractivity contribution in [1.29, 1.82) is 0 Å². The quantitative estimate of drug-likeness (QED) is 0.661. The van der Waals surface area contributed by atoms with Crippen molar-refractivity contribution >= 4 is 22.4 Å². The maximum atomic E-state index is 13.4. The van der Waals surface area contributed by atoms with E-state index in [2.05, 4.69) is 10.4 Å². The molecule has 0 radical (unpaired) electrons. The number of rotatable bonds is 3. The van der Waals surface area contributed by atoms with Crippen LogP contribution < -0.4 is 5.32 Å². The monoisotopic (exact) mass is 335 g/mol. The summed E-state index contributed by atoms with van der Waals surface area (Å²) >= 11 is 0. The second-order valence-corrected chi connectivity index (χ2v) is 5.86. The lowest BCUT2D eigenvalue weighted by Crippen LogP contribution is -2.08. The van der Waals surface area contributed by atoms with Crippen LogP contribution in [0, 0.1) is 5.82 Å². The highest BCUT2D eigenvalue weighted by Gasteiger charge is 2.34. The molecule has 0 amide bonds. The molecule has 0 bridgehead atoms. The van der Waals surface area contributed by atoms with E-state index in [-0.39, 0.29) is 5.69 Å². The van der Waals surface area contributed by atoms with Crippen LogP contribution in [0.25, 0.3) is 10.9 Å². The summed E-state index contributed by atoms with van der Waals surface area (Å²) in [7, 11) is 0. The summed E-state index contributed by atoms with van der Waals surface area (Å²) in [4.78, 5) is 0. The van der Waals surface area contributed by atoms with E-state index >= 15 is 0 Å². The van der Waals surface area contributed by atoms with Crippen LogP contribution in [-0.4, -0.2) is 9.78 Å². The number of aromatic nitrogens is 2. The van der Waals surface area contributed by atoms with Crippen LogP contribution in [0.2, 0.25) is 0 Å². The minimum absolute atomic E-state index is 0.148. The smallest absolute Gasteiger partial charge is 0.338 e. The number of hydrogen-bond donors (Lipinski definition) is 1. The molecule has 7 heteroatoms. The average Bonchev–Trinajstić information content (AvgIpc) is 3.32. The maximum Gasteiger partial charge on any atom is 0.419 e. The van der Waals surface area contributed by atoms with Gasteiger partial charge in [-0.25, -0.2) is 4.39 Å². The van der Waals surface area contributed by atoms with E-state index in [9.17, 15) is 17.6 Å². The first-order valence-corrected chi connectivity index (χ1v) is 7.54. The number of nitrogens with zero attached hydrogens (tertiary/aromatic N) is 2. The standard InChI is InChI=1S/C17H13F4N3/c18-14-8-5-10(9-13(14)17(19,20)21)22-16-12-3-1-2-4-15(12)24(23-16)11-6-7-11/h1-5,8-9,11H,6-7H2,(H,22,23). The van der Waals surface area contributed by atoms with Crippen LogP contribution in [0.5, 0.6) is 0 Å². The zero-order valence-corrected chi connectivity index (χ0v) is 12.4. The molecular formula is C17H13F4N3. The topological polar surface area (TPSA) is 29.9 Å². The van der Waals surface area contributed by atoms with Crippen molar-refractivity contribution in [2.75, 3.05) is 5.32 Å². The molecule has 1 saturated carbocycles. The van der Waals surface area contributed by atoms with E-state index in [4.69, 9.17) is 0 Å². The fraction of sp³-hybridized carbons (Fsp3) is 0.235. The predicted molar refractivity (Wildman–Crippen MR) is 82.7 cm³/mol. The molecule has 124 valence electrons. The van der Waals surface area contributed by atoms with Crippen molar-refractivity contribution in [3.05, 3.63) is 53.8 Å². The van der Waals surface area contributed by atoms with Crippen molar-refractivity contribution < 1.29 is 17.6 Å². The van der Waals surface area contributed by atoms with E-state index in [1.54, 1.807) is 0 Å². The van der Waals surface area contributed by atoms with Crippen LogP contribution >= 0.6 is 0 Å². The van der Waals surface area contributed by atoms with Crippen molar-refractivity contribution in [2.24, 2.45) is 0 Å². The van der Waals surface area contributed by atoms with Crippen molar-refractivity contribution in [1.82, 2.24) is 9.78 Å². The maximum absolute atomic E-state index is 13.4. The predicted octanol–water partition coefficient (Wildman–Crippen LogP) is 5.27. The lowest BCUT2D eigenvalue weighted by Gasteiger charge is -2.10. The van der Waals surface area contributed by atoms with Crippen LogP contribution in [0.3, 0.4) is 0 Å². The molecule has 0 spiro atoms. The Balaban J connectivity index is 1.75. The van der Waals surface area contributed by atoms with E-state index < -0.39 is 17.6 Å².